The van der Waals surface area contributed by atoms with E-state index in [0.717, 1.165) is 6.42 Å². The fourth-order valence-corrected chi connectivity index (χ4v) is 2.43. The summed E-state index contributed by atoms with van der Waals surface area (Å²) in [6.45, 7) is 2.94. The van der Waals surface area contributed by atoms with Crippen LogP contribution in [0.1, 0.15) is 33.1 Å². The average Bonchev–Trinajstić information content (AvgIpc) is 2.13. The second-order valence-corrected chi connectivity index (χ2v) is 6.03. The maximum atomic E-state index is 11.6. The molecule has 0 rings (SSSR count). The number of nitrogens with zero attached hydrogens (tertiary/aromatic N) is 1. The maximum absolute atomic E-state index is 11.6. The molecule has 0 aromatic heterocycles. The van der Waals surface area contributed by atoms with Crippen LogP contribution in [0.4, 0.5) is 0 Å². The highest BCUT2D eigenvalue weighted by Gasteiger charge is 2.37. The minimum atomic E-state index is -3.51. The number of hydrogen-bond donors (Lipinski definition) is 1. The lowest BCUT2D eigenvalue weighted by Gasteiger charge is -2.20. The van der Waals surface area contributed by atoms with E-state index in [2.05, 4.69) is 0 Å². The molecule has 4 nitrogen and oxygen atoms in total. The Hall–Kier alpha value is -0.600. The Labute approximate surface area is 85.5 Å². The van der Waals surface area contributed by atoms with Gasteiger partial charge in [-0.05, 0) is 13.3 Å². The Morgan fingerprint density at radius 3 is 2.43 bits per heavy atom. The van der Waals surface area contributed by atoms with Gasteiger partial charge in [0.05, 0.1) is 18.4 Å². The summed E-state index contributed by atoms with van der Waals surface area (Å²) in [6, 6.07) is 1.84. The van der Waals surface area contributed by atoms with E-state index in [0.29, 0.717) is 12.8 Å². The van der Waals surface area contributed by atoms with Crippen molar-refractivity contribution in [2.75, 3.05) is 12.4 Å². The third kappa shape index (κ3) is 2.96. The SMILES string of the molecule is CCCCC(C)(C#N)S(=O)(=O)CCO. The van der Waals surface area contributed by atoms with Crippen molar-refractivity contribution in [3.63, 3.8) is 0 Å². The van der Waals surface area contributed by atoms with Crippen molar-refractivity contribution < 1.29 is 13.5 Å². The fraction of sp³-hybridized carbons (Fsp3) is 0.889. The monoisotopic (exact) mass is 219 g/mol. The molecule has 1 N–H and O–H groups in total. The molecule has 5 heteroatoms. The second-order valence-electron chi connectivity index (χ2n) is 3.49. The molecular weight excluding hydrogens is 202 g/mol. The number of nitriles is 1. The molecule has 1 atom stereocenters. The van der Waals surface area contributed by atoms with E-state index < -0.39 is 21.2 Å². The van der Waals surface area contributed by atoms with Crippen LogP contribution in [0.2, 0.25) is 0 Å². The van der Waals surface area contributed by atoms with E-state index in [4.69, 9.17) is 10.4 Å². The van der Waals surface area contributed by atoms with Gasteiger partial charge < -0.3 is 5.11 Å². The van der Waals surface area contributed by atoms with E-state index in [1.807, 2.05) is 13.0 Å². The molecule has 0 spiro atoms. The first-order valence-electron chi connectivity index (χ1n) is 4.68. The summed E-state index contributed by atoms with van der Waals surface area (Å²) in [5, 5.41) is 17.5. The first kappa shape index (κ1) is 13.4. The van der Waals surface area contributed by atoms with Gasteiger partial charge in [-0.2, -0.15) is 5.26 Å². The first-order chi connectivity index (χ1) is 6.43. The molecule has 0 radical (unpaired) electrons. The van der Waals surface area contributed by atoms with Gasteiger partial charge in [0.1, 0.15) is 0 Å². The number of rotatable bonds is 6. The molecule has 0 aromatic rings. The first-order valence-corrected chi connectivity index (χ1v) is 6.33. The van der Waals surface area contributed by atoms with Crippen molar-refractivity contribution in [1.29, 1.82) is 5.26 Å². The summed E-state index contributed by atoms with van der Waals surface area (Å²) in [5.74, 6) is -0.333. The van der Waals surface area contributed by atoms with Crippen LogP contribution in [0.15, 0.2) is 0 Å². The predicted molar refractivity (Wildman–Crippen MR) is 54.4 cm³/mol. The Morgan fingerprint density at radius 2 is 2.07 bits per heavy atom. The Bertz CT molecular complexity index is 305. The summed E-state index contributed by atoms with van der Waals surface area (Å²) in [4.78, 5) is 0. The molecule has 0 aliphatic rings. The maximum Gasteiger partial charge on any atom is 0.171 e. The average molecular weight is 219 g/mol. The van der Waals surface area contributed by atoms with Crippen LogP contribution in [0.25, 0.3) is 0 Å². The van der Waals surface area contributed by atoms with Crippen LogP contribution in [0.5, 0.6) is 0 Å². The van der Waals surface area contributed by atoms with Gasteiger partial charge in [0.25, 0.3) is 0 Å². The highest BCUT2D eigenvalue weighted by Crippen LogP contribution is 2.23. The number of hydrogen-bond acceptors (Lipinski definition) is 4. The third-order valence-electron chi connectivity index (χ3n) is 2.29. The van der Waals surface area contributed by atoms with Crippen molar-refractivity contribution in [2.45, 2.75) is 37.9 Å². The normalized spacial score (nSPS) is 15.9. The minimum Gasteiger partial charge on any atom is -0.395 e. The van der Waals surface area contributed by atoms with Gasteiger partial charge in [-0.1, -0.05) is 19.8 Å². The van der Waals surface area contributed by atoms with E-state index in [1.165, 1.54) is 6.92 Å². The molecule has 0 aromatic carbocycles. The lowest BCUT2D eigenvalue weighted by atomic mass is 10.1. The van der Waals surface area contributed by atoms with Gasteiger partial charge in [-0.25, -0.2) is 8.42 Å². The number of aliphatic hydroxyl groups is 1. The fourth-order valence-electron chi connectivity index (χ4n) is 1.14. The van der Waals surface area contributed by atoms with Crippen molar-refractivity contribution in [1.82, 2.24) is 0 Å². The zero-order chi connectivity index (χ0) is 11.2. The highest BCUT2D eigenvalue weighted by molar-refractivity contribution is 7.93. The van der Waals surface area contributed by atoms with Crippen molar-refractivity contribution in [3.05, 3.63) is 0 Å². The summed E-state index contributed by atoms with van der Waals surface area (Å²) < 4.78 is 21.9. The molecule has 1 unspecified atom stereocenters. The smallest absolute Gasteiger partial charge is 0.171 e. The van der Waals surface area contributed by atoms with E-state index in [-0.39, 0.29) is 5.75 Å². The third-order valence-corrected chi connectivity index (χ3v) is 4.68. The van der Waals surface area contributed by atoms with Gasteiger partial charge in [-0.3, -0.25) is 0 Å². The highest BCUT2D eigenvalue weighted by atomic mass is 32.2. The van der Waals surface area contributed by atoms with Crippen LogP contribution in [-0.2, 0) is 9.84 Å². The number of sulfone groups is 1. The summed E-state index contributed by atoms with van der Waals surface area (Å²) in [6.07, 6.45) is 1.89. The van der Waals surface area contributed by atoms with E-state index in [1.54, 1.807) is 0 Å². The van der Waals surface area contributed by atoms with Gasteiger partial charge in [0.15, 0.2) is 14.6 Å². The zero-order valence-electron chi connectivity index (χ0n) is 8.65. The Morgan fingerprint density at radius 1 is 1.50 bits per heavy atom. The van der Waals surface area contributed by atoms with Crippen LogP contribution in [-0.4, -0.2) is 30.6 Å². The summed E-state index contributed by atoms with van der Waals surface area (Å²) in [7, 11) is -3.51. The van der Waals surface area contributed by atoms with Crippen LogP contribution < -0.4 is 0 Å². The van der Waals surface area contributed by atoms with Crippen LogP contribution in [0, 0.1) is 11.3 Å². The standard InChI is InChI=1S/C9H17NO3S/c1-3-4-5-9(2,8-10)14(12,13)7-6-11/h11H,3-7H2,1-2H3. The molecule has 0 bridgehead atoms. The van der Waals surface area contributed by atoms with Crippen LogP contribution in [0.3, 0.4) is 0 Å². The van der Waals surface area contributed by atoms with Gasteiger partial charge in [0, 0.05) is 0 Å². The molecule has 0 fully saturated rings. The molecule has 0 saturated heterocycles. The second kappa shape index (κ2) is 5.32. The molecule has 0 aliphatic heterocycles. The minimum absolute atomic E-state index is 0.333. The zero-order valence-corrected chi connectivity index (χ0v) is 9.47. The Kier molecular flexibility index (Phi) is 5.09. The molecule has 0 aliphatic carbocycles. The molecule has 0 saturated carbocycles. The number of aliphatic hydroxyl groups excluding tert-OH is 1. The van der Waals surface area contributed by atoms with E-state index in [9.17, 15) is 8.42 Å². The summed E-state index contributed by atoms with van der Waals surface area (Å²) >= 11 is 0. The quantitative estimate of drug-likeness (QED) is 0.719. The van der Waals surface area contributed by atoms with Crippen molar-refractivity contribution in [3.8, 4) is 6.07 Å². The predicted octanol–water partition coefficient (Wildman–Crippen LogP) is 0.866. The van der Waals surface area contributed by atoms with Gasteiger partial charge in [-0.15, -0.1) is 0 Å². The van der Waals surface area contributed by atoms with Gasteiger partial charge >= 0.3 is 0 Å². The van der Waals surface area contributed by atoms with Crippen molar-refractivity contribution >= 4 is 9.84 Å². The summed E-state index contributed by atoms with van der Waals surface area (Å²) in [5.41, 5.74) is 0. The molecular formula is C9H17NO3S. The topological polar surface area (TPSA) is 78.2 Å². The van der Waals surface area contributed by atoms with Crippen LogP contribution >= 0.6 is 0 Å². The largest absolute Gasteiger partial charge is 0.395 e. The molecule has 82 valence electrons. The number of unbranched alkanes of at least 4 members (excludes halogenated alkanes) is 1. The van der Waals surface area contributed by atoms with Crippen molar-refractivity contribution in [2.24, 2.45) is 0 Å². The van der Waals surface area contributed by atoms with E-state index >= 15 is 0 Å². The lowest BCUT2D eigenvalue weighted by Crippen LogP contribution is -2.36. The molecule has 14 heavy (non-hydrogen) atoms. The molecule has 0 amide bonds. The Balaban J connectivity index is 4.78. The molecule has 0 heterocycles. The lowest BCUT2D eigenvalue weighted by molar-refractivity contribution is 0.318. The van der Waals surface area contributed by atoms with Gasteiger partial charge in [0.2, 0.25) is 0 Å².